The fourth-order valence-corrected chi connectivity index (χ4v) is 3.12. The molecule has 0 aliphatic carbocycles. The maximum Gasteiger partial charge on any atom is 0.416 e. The van der Waals surface area contributed by atoms with Gasteiger partial charge in [-0.3, -0.25) is 0 Å². The molecule has 108 valence electrons. The number of alkyl halides is 3. The molecule has 0 radical (unpaired) electrons. The minimum atomic E-state index is -4.37. The Morgan fingerprint density at radius 2 is 2.05 bits per heavy atom. The Kier molecular flexibility index (Phi) is 4.88. The topological polar surface area (TPSA) is 12.0 Å². The molecule has 1 heterocycles. The number of hydrogen-bond acceptors (Lipinski definition) is 2. The van der Waals surface area contributed by atoms with E-state index in [4.69, 9.17) is 0 Å². The molecule has 0 saturated heterocycles. The lowest BCUT2D eigenvalue weighted by Crippen LogP contribution is -2.24. The van der Waals surface area contributed by atoms with Gasteiger partial charge in [-0.2, -0.15) is 24.5 Å². The van der Waals surface area contributed by atoms with Crippen molar-refractivity contribution in [2.24, 2.45) is 0 Å². The zero-order chi connectivity index (χ0) is 14.8. The van der Waals surface area contributed by atoms with Crippen LogP contribution in [0.25, 0.3) is 0 Å². The van der Waals surface area contributed by atoms with E-state index in [1.54, 1.807) is 6.07 Å². The maximum absolute atomic E-state index is 13.2. The first-order valence-corrected chi connectivity index (χ1v) is 7.79. The fourth-order valence-electron chi connectivity index (χ4n) is 2.08. The van der Waals surface area contributed by atoms with Crippen LogP contribution in [0.2, 0.25) is 0 Å². The Hall–Kier alpha value is -0.850. The smallest absolute Gasteiger partial charge is 0.306 e. The first kappa shape index (κ1) is 15.5. The molecular weight excluding hydrogens is 351 g/mol. The molecule has 0 spiro atoms. The van der Waals surface area contributed by atoms with E-state index in [1.165, 1.54) is 17.4 Å². The third-order valence-corrected chi connectivity index (χ3v) is 4.11. The van der Waals surface area contributed by atoms with E-state index in [0.29, 0.717) is 11.0 Å². The van der Waals surface area contributed by atoms with E-state index < -0.39 is 17.8 Å². The predicted molar refractivity (Wildman–Crippen MR) is 79.0 cm³/mol. The summed E-state index contributed by atoms with van der Waals surface area (Å²) < 4.78 is 40.1. The average Bonchev–Trinajstić information content (AvgIpc) is 2.89. The van der Waals surface area contributed by atoms with Gasteiger partial charge in [-0.25, -0.2) is 0 Å². The van der Waals surface area contributed by atoms with Gasteiger partial charge in [0.05, 0.1) is 11.6 Å². The fraction of sp³-hybridized carbons (Fsp3) is 0.286. The zero-order valence-corrected chi connectivity index (χ0v) is 13.1. The van der Waals surface area contributed by atoms with Crippen LogP contribution in [0.1, 0.15) is 29.7 Å². The van der Waals surface area contributed by atoms with Crippen LogP contribution in [0, 0.1) is 0 Å². The van der Waals surface area contributed by atoms with Gasteiger partial charge in [0, 0.05) is 4.47 Å². The molecule has 0 aliphatic rings. The van der Waals surface area contributed by atoms with E-state index >= 15 is 0 Å². The zero-order valence-electron chi connectivity index (χ0n) is 10.7. The highest BCUT2D eigenvalue weighted by Crippen LogP contribution is 2.38. The highest BCUT2D eigenvalue weighted by molar-refractivity contribution is 9.10. The van der Waals surface area contributed by atoms with E-state index in [9.17, 15) is 13.2 Å². The molecule has 1 nitrogen and oxygen atoms in total. The Morgan fingerprint density at radius 3 is 2.60 bits per heavy atom. The standard InChI is InChI=1S/C14H13BrF3NS/c1-2-19-13(9-5-6-20-8-9)11-4-3-10(15)7-12(11)14(16,17)18/h3-8,13,19H,2H2,1H3. The predicted octanol–water partition coefficient (Wildman–Crippen LogP) is 5.23. The second-order valence-corrected chi connectivity index (χ2v) is 5.97. The lowest BCUT2D eigenvalue weighted by molar-refractivity contribution is -0.138. The summed E-state index contributed by atoms with van der Waals surface area (Å²) in [4.78, 5) is 0. The third kappa shape index (κ3) is 3.42. The van der Waals surface area contributed by atoms with Crippen LogP contribution < -0.4 is 5.32 Å². The summed E-state index contributed by atoms with van der Waals surface area (Å²) in [7, 11) is 0. The summed E-state index contributed by atoms with van der Waals surface area (Å²) in [6.45, 7) is 2.47. The number of halogens is 4. The van der Waals surface area contributed by atoms with Crippen LogP contribution in [-0.4, -0.2) is 6.54 Å². The van der Waals surface area contributed by atoms with Crippen molar-refractivity contribution in [2.75, 3.05) is 6.54 Å². The van der Waals surface area contributed by atoms with Crippen molar-refractivity contribution >= 4 is 27.3 Å². The van der Waals surface area contributed by atoms with Gasteiger partial charge in [-0.05, 0) is 46.6 Å². The van der Waals surface area contributed by atoms with Gasteiger partial charge in [0.25, 0.3) is 0 Å². The number of hydrogen-bond donors (Lipinski definition) is 1. The summed E-state index contributed by atoms with van der Waals surface area (Å²) in [6.07, 6.45) is -4.37. The molecule has 1 aromatic carbocycles. The van der Waals surface area contributed by atoms with E-state index in [2.05, 4.69) is 21.2 Å². The molecule has 0 bridgehead atoms. The van der Waals surface area contributed by atoms with Crippen LogP contribution >= 0.6 is 27.3 Å². The van der Waals surface area contributed by atoms with E-state index in [0.717, 1.165) is 11.6 Å². The molecule has 0 aliphatic heterocycles. The second-order valence-electron chi connectivity index (χ2n) is 4.28. The van der Waals surface area contributed by atoms with Gasteiger partial charge in [-0.1, -0.05) is 28.9 Å². The van der Waals surface area contributed by atoms with Crippen molar-refractivity contribution < 1.29 is 13.2 Å². The van der Waals surface area contributed by atoms with Crippen LogP contribution in [0.5, 0.6) is 0 Å². The molecule has 0 fully saturated rings. The molecule has 1 N–H and O–H groups in total. The van der Waals surface area contributed by atoms with Crippen LogP contribution in [-0.2, 0) is 6.18 Å². The molecule has 6 heteroatoms. The Morgan fingerprint density at radius 1 is 1.30 bits per heavy atom. The van der Waals surface area contributed by atoms with Crippen LogP contribution in [0.4, 0.5) is 13.2 Å². The molecule has 20 heavy (non-hydrogen) atoms. The molecular formula is C14H13BrF3NS. The molecule has 0 amide bonds. The summed E-state index contributed by atoms with van der Waals surface area (Å²) in [6, 6.07) is 5.70. The Balaban J connectivity index is 2.54. The number of thiophene rings is 1. The molecule has 2 aromatic rings. The van der Waals surface area contributed by atoms with E-state index in [1.807, 2.05) is 23.8 Å². The SMILES string of the molecule is CCNC(c1ccsc1)c1ccc(Br)cc1C(F)(F)F. The summed E-state index contributed by atoms with van der Waals surface area (Å²) in [5, 5.41) is 6.86. The van der Waals surface area contributed by atoms with Gasteiger partial charge in [-0.15, -0.1) is 0 Å². The maximum atomic E-state index is 13.2. The first-order valence-electron chi connectivity index (χ1n) is 6.05. The van der Waals surface area contributed by atoms with Crippen LogP contribution in [0.3, 0.4) is 0 Å². The monoisotopic (exact) mass is 363 g/mol. The number of nitrogens with one attached hydrogen (secondary N) is 1. The van der Waals surface area contributed by atoms with Crippen molar-refractivity contribution in [3.8, 4) is 0 Å². The van der Waals surface area contributed by atoms with Gasteiger partial charge < -0.3 is 5.32 Å². The summed E-state index contributed by atoms with van der Waals surface area (Å²) in [5.74, 6) is 0. The third-order valence-electron chi connectivity index (χ3n) is 2.92. The largest absolute Gasteiger partial charge is 0.416 e. The van der Waals surface area contributed by atoms with Crippen LogP contribution in [0.15, 0.2) is 39.5 Å². The molecule has 0 saturated carbocycles. The molecule has 1 aromatic heterocycles. The number of rotatable bonds is 4. The quantitative estimate of drug-likeness (QED) is 0.784. The summed E-state index contributed by atoms with van der Waals surface area (Å²) >= 11 is 4.58. The van der Waals surface area contributed by atoms with Gasteiger partial charge >= 0.3 is 6.18 Å². The normalized spacial score (nSPS) is 13.4. The average molecular weight is 364 g/mol. The second kappa shape index (κ2) is 6.28. The van der Waals surface area contributed by atoms with Crippen molar-refractivity contribution in [3.63, 3.8) is 0 Å². The van der Waals surface area contributed by atoms with Crippen molar-refractivity contribution in [1.29, 1.82) is 0 Å². The summed E-state index contributed by atoms with van der Waals surface area (Å²) in [5.41, 5.74) is 0.495. The molecule has 2 rings (SSSR count). The van der Waals surface area contributed by atoms with Crippen molar-refractivity contribution in [3.05, 3.63) is 56.2 Å². The minimum absolute atomic E-state index is 0.251. The highest BCUT2D eigenvalue weighted by atomic mass is 79.9. The molecule has 1 atom stereocenters. The highest BCUT2D eigenvalue weighted by Gasteiger charge is 2.35. The first-order chi connectivity index (χ1) is 9.43. The minimum Gasteiger partial charge on any atom is -0.306 e. The Labute approximate surface area is 128 Å². The van der Waals surface area contributed by atoms with Crippen molar-refractivity contribution in [2.45, 2.75) is 19.1 Å². The van der Waals surface area contributed by atoms with Gasteiger partial charge in [0.15, 0.2) is 0 Å². The van der Waals surface area contributed by atoms with Gasteiger partial charge in [0.1, 0.15) is 0 Å². The van der Waals surface area contributed by atoms with Gasteiger partial charge in [0.2, 0.25) is 0 Å². The Bertz CT molecular complexity index is 566. The molecule has 1 unspecified atom stereocenters. The lowest BCUT2D eigenvalue weighted by atomic mass is 9.95. The lowest BCUT2D eigenvalue weighted by Gasteiger charge is -2.22. The van der Waals surface area contributed by atoms with Crippen molar-refractivity contribution in [1.82, 2.24) is 5.32 Å². The van der Waals surface area contributed by atoms with E-state index in [-0.39, 0.29) is 5.56 Å². The number of benzene rings is 1.